The number of aliphatic hydroxyl groups excluding tert-OH is 1. The SMILES string of the molecule is N#Cc1cc(NC[C@H](O)CN2CCOCC2)nc2ccccc12. The van der Waals surface area contributed by atoms with Crippen molar-refractivity contribution in [3.8, 4) is 6.07 Å². The molecule has 0 amide bonds. The predicted octanol–water partition coefficient (Wildman–Crippen LogP) is 1.21. The minimum atomic E-state index is -0.494. The molecule has 0 spiro atoms. The summed E-state index contributed by atoms with van der Waals surface area (Å²) in [6.45, 7) is 4.15. The number of pyridine rings is 1. The molecule has 0 aliphatic carbocycles. The number of morpholine rings is 1. The van der Waals surface area contributed by atoms with E-state index in [1.165, 1.54) is 0 Å². The van der Waals surface area contributed by atoms with Crippen LogP contribution in [0.2, 0.25) is 0 Å². The van der Waals surface area contributed by atoms with Crippen LogP contribution in [0.4, 0.5) is 5.82 Å². The highest BCUT2D eigenvalue weighted by Crippen LogP contribution is 2.19. The van der Waals surface area contributed by atoms with E-state index in [-0.39, 0.29) is 0 Å². The number of hydrogen-bond donors (Lipinski definition) is 2. The molecule has 23 heavy (non-hydrogen) atoms. The van der Waals surface area contributed by atoms with Crippen molar-refractivity contribution in [1.29, 1.82) is 5.26 Å². The monoisotopic (exact) mass is 312 g/mol. The highest BCUT2D eigenvalue weighted by atomic mass is 16.5. The van der Waals surface area contributed by atoms with E-state index < -0.39 is 6.10 Å². The van der Waals surface area contributed by atoms with Gasteiger partial charge < -0.3 is 15.2 Å². The van der Waals surface area contributed by atoms with E-state index >= 15 is 0 Å². The number of benzene rings is 1. The predicted molar refractivity (Wildman–Crippen MR) is 88.2 cm³/mol. The van der Waals surface area contributed by atoms with E-state index in [1.807, 2.05) is 24.3 Å². The molecule has 0 bridgehead atoms. The fourth-order valence-electron chi connectivity index (χ4n) is 2.73. The second kappa shape index (κ2) is 7.38. The average Bonchev–Trinajstić information content (AvgIpc) is 2.60. The Hall–Kier alpha value is -2.20. The number of aromatic nitrogens is 1. The Bertz CT molecular complexity index is 707. The summed E-state index contributed by atoms with van der Waals surface area (Å²) in [5, 5.41) is 23.4. The number of anilines is 1. The second-order valence-electron chi connectivity index (χ2n) is 5.63. The zero-order valence-electron chi connectivity index (χ0n) is 12.9. The largest absolute Gasteiger partial charge is 0.390 e. The smallest absolute Gasteiger partial charge is 0.128 e. The Morgan fingerprint density at radius 1 is 1.35 bits per heavy atom. The molecule has 1 atom stereocenters. The molecule has 6 nitrogen and oxygen atoms in total. The quantitative estimate of drug-likeness (QED) is 0.864. The number of nitrogens with one attached hydrogen (secondary N) is 1. The Labute approximate surface area is 135 Å². The number of rotatable bonds is 5. The van der Waals surface area contributed by atoms with Crippen molar-refractivity contribution >= 4 is 16.7 Å². The van der Waals surface area contributed by atoms with Gasteiger partial charge >= 0.3 is 0 Å². The third-order valence-corrected chi connectivity index (χ3v) is 3.93. The summed E-state index contributed by atoms with van der Waals surface area (Å²) in [6.07, 6.45) is -0.494. The van der Waals surface area contributed by atoms with Crippen LogP contribution in [0.15, 0.2) is 30.3 Å². The first kappa shape index (κ1) is 15.7. The van der Waals surface area contributed by atoms with Crippen molar-refractivity contribution in [2.45, 2.75) is 6.10 Å². The first-order chi connectivity index (χ1) is 11.3. The lowest BCUT2D eigenvalue weighted by Crippen LogP contribution is -2.42. The first-order valence-electron chi connectivity index (χ1n) is 7.78. The third-order valence-electron chi connectivity index (χ3n) is 3.93. The molecule has 1 aromatic heterocycles. The normalized spacial score (nSPS) is 16.9. The number of aliphatic hydroxyl groups is 1. The Balaban J connectivity index is 1.63. The van der Waals surface area contributed by atoms with Crippen LogP contribution in [-0.2, 0) is 4.74 Å². The lowest BCUT2D eigenvalue weighted by Gasteiger charge is -2.28. The second-order valence-corrected chi connectivity index (χ2v) is 5.63. The maximum atomic E-state index is 10.2. The van der Waals surface area contributed by atoms with Crippen molar-refractivity contribution in [3.05, 3.63) is 35.9 Å². The summed E-state index contributed by atoms with van der Waals surface area (Å²) < 4.78 is 5.30. The van der Waals surface area contributed by atoms with Crippen LogP contribution in [0.3, 0.4) is 0 Å². The fourth-order valence-corrected chi connectivity index (χ4v) is 2.73. The lowest BCUT2D eigenvalue weighted by atomic mass is 10.1. The molecular formula is C17H20N4O2. The average molecular weight is 312 g/mol. The van der Waals surface area contributed by atoms with E-state index in [0.717, 1.165) is 37.2 Å². The maximum absolute atomic E-state index is 10.2. The van der Waals surface area contributed by atoms with Gasteiger partial charge in [0, 0.05) is 31.6 Å². The van der Waals surface area contributed by atoms with Gasteiger partial charge in [-0.05, 0) is 12.1 Å². The van der Waals surface area contributed by atoms with Crippen LogP contribution in [0.5, 0.6) is 0 Å². The van der Waals surface area contributed by atoms with Crippen LogP contribution in [0.1, 0.15) is 5.56 Å². The molecule has 1 fully saturated rings. The molecule has 120 valence electrons. The molecule has 1 aliphatic rings. The Kier molecular flexibility index (Phi) is 5.03. The van der Waals surface area contributed by atoms with Gasteiger partial charge in [-0.3, -0.25) is 4.90 Å². The molecule has 1 aliphatic heterocycles. The van der Waals surface area contributed by atoms with Crippen LogP contribution in [0, 0.1) is 11.3 Å². The molecule has 0 radical (unpaired) electrons. The number of para-hydroxylation sites is 1. The molecule has 0 unspecified atom stereocenters. The first-order valence-corrected chi connectivity index (χ1v) is 7.78. The van der Waals surface area contributed by atoms with Gasteiger partial charge in [0.05, 0.1) is 36.5 Å². The van der Waals surface area contributed by atoms with Crippen LogP contribution >= 0.6 is 0 Å². The molecule has 1 saturated heterocycles. The van der Waals surface area contributed by atoms with E-state index in [1.54, 1.807) is 6.07 Å². The molecule has 6 heteroatoms. The molecular weight excluding hydrogens is 292 g/mol. The number of ether oxygens (including phenoxy) is 1. The van der Waals surface area contributed by atoms with Crippen molar-refractivity contribution in [3.63, 3.8) is 0 Å². The van der Waals surface area contributed by atoms with Crippen molar-refractivity contribution in [1.82, 2.24) is 9.88 Å². The van der Waals surface area contributed by atoms with Crippen molar-refractivity contribution in [2.75, 3.05) is 44.7 Å². The highest BCUT2D eigenvalue weighted by molar-refractivity contribution is 5.86. The molecule has 2 heterocycles. The molecule has 1 aromatic carbocycles. The van der Waals surface area contributed by atoms with E-state index in [4.69, 9.17) is 4.74 Å². The highest BCUT2D eigenvalue weighted by Gasteiger charge is 2.15. The van der Waals surface area contributed by atoms with Gasteiger partial charge in [0.25, 0.3) is 0 Å². The number of β-amino-alcohol motifs (C(OH)–C–C–N with tert-alkyl or cyclic N) is 1. The summed E-state index contributed by atoms with van der Waals surface area (Å²) in [4.78, 5) is 6.68. The van der Waals surface area contributed by atoms with Gasteiger partial charge in [-0.1, -0.05) is 18.2 Å². The maximum Gasteiger partial charge on any atom is 0.128 e. The number of fused-ring (bicyclic) bond motifs is 1. The van der Waals surface area contributed by atoms with Crippen LogP contribution in [-0.4, -0.2) is 60.5 Å². The van der Waals surface area contributed by atoms with Crippen molar-refractivity contribution < 1.29 is 9.84 Å². The summed E-state index contributed by atoms with van der Waals surface area (Å²) in [7, 11) is 0. The third kappa shape index (κ3) is 3.96. The molecule has 2 N–H and O–H groups in total. The number of hydrogen-bond acceptors (Lipinski definition) is 6. The van der Waals surface area contributed by atoms with Gasteiger partial charge in [0.1, 0.15) is 5.82 Å². The molecule has 0 saturated carbocycles. The van der Waals surface area contributed by atoms with Crippen molar-refractivity contribution in [2.24, 2.45) is 0 Å². The Morgan fingerprint density at radius 3 is 2.91 bits per heavy atom. The number of nitriles is 1. The molecule has 3 rings (SSSR count). The van der Waals surface area contributed by atoms with E-state index in [2.05, 4.69) is 21.3 Å². The van der Waals surface area contributed by atoms with Gasteiger partial charge in [0.2, 0.25) is 0 Å². The summed E-state index contributed by atoms with van der Waals surface area (Å²) >= 11 is 0. The number of nitrogens with zero attached hydrogens (tertiary/aromatic N) is 3. The van der Waals surface area contributed by atoms with Gasteiger partial charge in [-0.2, -0.15) is 5.26 Å². The van der Waals surface area contributed by atoms with E-state index in [0.29, 0.717) is 24.5 Å². The lowest BCUT2D eigenvalue weighted by molar-refractivity contribution is 0.0171. The van der Waals surface area contributed by atoms with Crippen LogP contribution < -0.4 is 5.32 Å². The Morgan fingerprint density at radius 2 is 2.13 bits per heavy atom. The zero-order chi connectivity index (χ0) is 16.1. The molecule has 2 aromatic rings. The minimum Gasteiger partial charge on any atom is -0.390 e. The van der Waals surface area contributed by atoms with Crippen LogP contribution in [0.25, 0.3) is 10.9 Å². The van der Waals surface area contributed by atoms with E-state index in [9.17, 15) is 10.4 Å². The standard InChI is InChI=1S/C17H20N4O2/c18-10-13-9-17(20-16-4-2-1-3-15(13)16)19-11-14(22)12-21-5-7-23-8-6-21/h1-4,9,14,22H,5-8,11-12H2,(H,19,20)/t14-/m0/s1. The minimum absolute atomic E-state index is 0.396. The van der Waals surface area contributed by atoms with Gasteiger partial charge in [-0.15, -0.1) is 0 Å². The van der Waals surface area contributed by atoms with Gasteiger partial charge in [0.15, 0.2) is 0 Å². The summed E-state index contributed by atoms with van der Waals surface area (Å²) in [6, 6.07) is 11.5. The zero-order valence-corrected chi connectivity index (χ0v) is 12.9. The van der Waals surface area contributed by atoms with Gasteiger partial charge in [-0.25, -0.2) is 4.98 Å². The fraction of sp³-hybridized carbons (Fsp3) is 0.412. The summed E-state index contributed by atoms with van der Waals surface area (Å²) in [5.41, 5.74) is 1.36. The topological polar surface area (TPSA) is 81.4 Å². The summed E-state index contributed by atoms with van der Waals surface area (Å²) in [5.74, 6) is 0.612.